The second-order valence-electron chi connectivity index (χ2n) is 4.83. The van der Waals surface area contributed by atoms with E-state index in [0.29, 0.717) is 11.1 Å². The van der Waals surface area contributed by atoms with E-state index in [1.165, 1.54) is 5.56 Å². The molecule has 0 radical (unpaired) electrons. The maximum atomic E-state index is 12.2. The van der Waals surface area contributed by atoms with Crippen molar-refractivity contribution in [2.45, 2.75) is 6.92 Å². The SMILES string of the molecule is COc1ccc2cc(-c3ccc(C)cc3)[nH]c(=O)c2c1. The number of aromatic nitrogens is 1. The minimum absolute atomic E-state index is 0.100. The van der Waals surface area contributed by atoms with E-state index in [-0.39, 0.29) is 5.56 Å². The molecule has 0 spiro atoms. The van der Waals surface area contributed by atoms with Gasteiger partial charge in [0, 0.05) is 5.69 Å². The van der Waals surface area contributed by atoms with Gasteiger partial charge in [-0.25, -0.2) is 0 Å². The molecule has 0 aliphatic carbocycles. The Bertz CT molecular complexity index is 817. The maximum absolute atomic E-state index is 12.2. The van der Waals surface area contributed by atoms with Gasteiger partial charge in [-0.2, -0.15) is 0 Å². The summed E-state index contributed by atoms with van der Waals surface area (Å²) in [5.41, 5.74) is 2.93. The minimum Gasteiger partial charge on any atom is -0.497 e. The Morgan fingerprint density at radius 1 is 1.00 bits per heavy atom. The highest BCUT2D eigenvalue weighted by molar-refractivity contribution is 5.86. The zero-order valence-electron chi connectivity index (χ0n) is 11.4. The number of H-pyrrole nitrogens is 1. The fourth-order valence-corrected chi connectivity index (χ4v) is 2.25. The van der Waals surface area contributed by atoms with E-state index in [4.69, 9.17) is 4.74 Å². The van der Waals surface area contributed by atoms with Crippen LogP contribution in [-0.4, -0.2) is 12.1 Å². The predicted octanol–water partition coefficient (Wildman–Crippen LogP) is 3.51. The minimum atomic E-state index is -0.100. The summed E-state index contributed by atoms with van der Waals surface area (Å²) in [6.07, 6.45) is 0. The summed E-state index contributed by atoms with van der Waals surface area (Å²) in [5, 5.41) is 1.55. The first kappa shape index (κ1) is 12.5. The molecule has 20 heavy (non-hydrogen) atoms. The molecule has 1 N–H and O–H groups in total. The van der Waals surface area contributed by atoms with Crippen LogP contribution in [0.1, 0.15) is 5.56 Å². The molecule has 3 rings (SSSR count). The number of aromatic amines is 1. The van der Waals surface area contributed by atoms with Crippen molar-refractivity contribution in [3.63, 3.8) is 0 Å². The molecule has 2 aromatic carbocycles. The molecule has 3 heteroatoms. The van der Waals surface area contributed by atoms with Crippen molar-refractivity contribution < 1.29 is 4.74 Å². The molecule has 0 aliphatic rings. The monoisotopic (exact) mass is 265 g/mol. The molecule has 0 saturated heterocycles. The zero-order valence-corrected chi connectivity index (χ0v) is 11.4. The fraction of sp³-hybridized carbons (Fsp3) is 0.118. The van der Waals surface area contributed by atoms with Crippen molar-refractivity contribution in [3.8, 4) is 17.0 Å². The summed E-state index contributed by atoms with van der Waals surface area (Å²) < 4.78 is 5.15. The van der Waals surface area contributed by atoms with Crippen LogP contribution in [0.25, 0.3) is 22.0 Å². The Morgan fingerprint density at radius 2 is 1.75 bits per heavy atom. The van der Waals surface area contributed by atoms with E-state index in [2.05, 4.69) is 4.98 Å². The summed E-state index contributed by atoms with van der Waals surface area (Å²) in [7, 11) is 1.59. The van der Waals surface area contributed by atoms with Crippen LogP contribution in [0.4, 0.5) is 0 Å². The molecule has 0 amide bonds. The number of nitrogens with one attached hydrogen (secondary N) is 1. The molecule has 0 atom stereocenters. The second-order valence-corrected chi connectivity index (χ2v) is 4.83. The Labute approximate surface area is 116 Å². The number of benzene rings is 2. The van der Waals surface area contributed by atoms with Crippen LogP contribution in [0.3, 0.4) is 0 Å². The van der Waals surface area contributed by atoms with Crippen molar-refractivity contribution >= 4 is 10.8 Å². The number of hydrogen-bond donors (Lipinski definition) is 1. The van der Waals surface area contributed by atoms with Crippen LogP contribution in [0.2, 0.25) is 0 Å². The van der Waals surface area contributed by atoms with E-state index < -0.39 is 0 Å². The number of methoxy groups -OCH3 is 1. The highest BCUT2D eigenvalue weighted by Gasteiger charge is 2.05. The number of pyridine rings is 1. The smallest absolute Gasteiger partial charge is 0.256 e. The molecule has 0 unspecified atom stereocenters. The van der Waals surface area contributed by atoms with Gasteiger partial charge in [0.15, 0.2) is 0 Å². The van der Waals surface area contributed by atoms with Crippen LogP contribution in [0.5, 0.6) is 5.75 Å². The van der Waals surface area contributed by atoms with Crippen molar-refractivity contribution in [2.24, 2.45) is 0 Å². The molecule has 0 aliphatic heterocycles. The van der Waals surface area contributed by atoms with Gasteiger partial charge in [-0.05, 0) is 36.1 Å². The van der Waals surface area contributed by atoms with Crippen LogP contribution in [-0.2, 0) is 0 Å². The highest BCUT2D eigenvalue weighted by atomic mass is 16.5. The first-order valence-corrected chi connectivity index (χ1v) is 6.45. The third kappa shape index (κ3) is 2.18. The number of hydrogen-bond acceptors (Lipinski definition) is 2. The lowest BCUT2D eigenvalue weighted by Crippen LogP contribution is -2.07. The van der Waals surface area contributed by atoms with Gasteiger partial charge < -0.3 is 9.72 Å². The molecule has 0 saturated carbocycles. The predicted molar refractivity (Wildman–Crippen MR) is 81.3 cm³/mol. The zero-order chi connectivity index (χ0) is 14.1. The van der Waals surface area contributed by atoms with E-state index in [9.17, 15) is 4.79 Å². The average Bonchev–Trinajstić information content (AvgIpc) is 2.47. The number of aryl methyl sites for hydroxylation is 1. The lowest BCUT2D eigenvalue weighted by molar-refractivity contribution is 0.415. The van der Waals surface area contributed by atoms with E-state index in [1.54, 1.807) is 13.2 Å². The molecule has 0 fully saturated rings. The van der Waals surface area contributed by atoms with Gasteiger partial charge in [-0.1, -0.05) is 35.9 Å². The van der Waals surface area contributed by atoms with Gasteiger partial charge in [0.05, 0.1) is 12.5 Å². The van der Waals surface area contributed by atoms with Crippen molar-refractivity contribution in [1.82, 2.24) is 4.98 Å². The molecule has 3 aromatic rings. The normalized spacial score (nSPS) is 10.7. The first-order chi connectivity index (χ1) is 9.67. The standard InChI is InChI=1S/C17H15NO2/c1-11-3-5-12(6-4-11)16-9-13-7-8-14(20-2)10-15(13)17(19)18-16/h3-10H,1-2H3,(H,18,19). The van der Waals surface area contributed by atoms with Crippen LogP contribution in [0, 0.1) is 6.92 Å². The van der Waals surface area contributed by atoms with E-state index in [1.807, 2.05) is 49.4 Å². The van der Waals surface area contributed by atoms with E-state index in [0.717, 1.165) is 16.6 Å². The third-order valence-corrected chi connectivity index (χ3v) is 3.42. The lowest BCUT2D eigenvalue weighted by atomic mass is 10.1. The molecule has 1 heterocycles. The van der Waals surface area contributed by atoms with E-state index >= 15 is 0 Å². The van der Waals surface area contributed by atoms with Gasteiger partial charge in [0.1, 0.15) is 5.75 Å². The topological polar surface area (TPSA) is 42.1 Å². The van der Waals surface area contributed by atoms with Gasteiger partial charge >= 0.3 is 0 Å². The number of rotatable bonds is 2. The highest BCUT2D eigenvalue weighted by Crippen LogP contribution is 2.23. The lowest BCUT2D eigenvalue weighted by Gasteiger charge is -2.06. The Kier molecular flexibility index (Phi) is 3.03. The van der Waals surface area contributed by atoms with Gasteiger partial charge in [-0.3, -0.25) is 4.79 Å². The number of ether oxygens (including phenoxy) is 1. The second kappa shape index (κ2) is 4.85. The largest absolute Gasteiger partial charge is 0.497 e. The van der Waals surface area contributed by atoms with Crippen molar-refractivity contribution in [2.75, 3.05) is 7.11 Å². The Morgan fingerprint density at radius 3 is 2.45 bits per heavy atom. The third-order valence-electron chi connectivity index (χ3n) is 3.42. The van der Waals surface area contributed by atoms with Crippen LogP contribution < -0.4 is 10.3 Å². The molecule has 0 bridgehead atoms. The number of fused-ring (bicyclic) bond motifs is 1. The maximum Gasteiger partial charge on any atom is 0.256 e. The molecule has 1 aromatic heterocycles. The summed E-state index contributed by atoms with van der Waals surface area (Å²) in [4.78, 5) is 15.1. The summed E-state index contributed by atoms with van der Waals surface area (Å²) >= 11 is 0. The van der Waals surface area contributed by atoms with Crippen LogP contribution in [0.15, 0.2) is 53.3 Å². The van der Waals surface area contributed by atoms with Crippen molar-refractivity contribution in [1.29, 1.82) is 0 Å². The summed E-state index contributed by atoms with van der Waals surface area (Å²) in [6, 6.07) is 15.6. The Balaban J connectivity index is 2.19. The fourth-order valence-electron chi connectivity index (χ4n) is 2.25. The average molecular weight is 265 g/mol. The molecule has 100 valence electrons. The summed E-state index contributed by atoms with van der Waals surface area (Å²) in [6.45, 7) is 2.04. The molecule has 3 nitrogen and oxygen atoms in total. The Hall–Kier alpha value is -2.55. The van der Waals surface area contributed by atoms with Gasteiger partial charge in [0.2, 0.25) is 0 Å². The first-order valence-electron chi connectivity index (χ1n) is 6.45. The van der Waals surface area contributed by atoms with Gasteiger partial charge in [0.25, 0.3) is 5.56 Å². The quantitative estimate of drug-likeness (QED) is 0.770. The molecular formula is C17H15NO2. The molecular weight excluding hydrogens is 250 g/mol. The summed E-state index contributed by atoms with van der Waals surface area (Å²) in [5.74, 6) is 0.686. The van der Waals surface area contributed by atoms with Crippen LogP contribution >= 0.6 is 0 Å². The van der Waals surface area contributed by atoms with Gasteiger partial charge in [-0.15, -0.1) is 0 Å². The van der Waals surface area contributed by atoms with Crippen molar-refractivity contribution in [3.05, 3.63) is 64.4 Å².